The third-order valence-corrected chi connectivity index (χ3v) is 7.63. The first-order valence-corrected chi connectivity index (χ1v) is 12.7. The van der Waals surface area contributed by atoms with Gasteiger partial charge in [-0.3, -0.25) is 4.79 Å². The van der Waals surface area contributed by atoms with E-state index in [2.05, 4.69) is 52.0 Å². The third-order valence-electron chi connectivity index (χ3n) is 5.02. The monoisotopic (exact) mass is 543 g/mol. The SMILES string of the molecule is CC(C)(C)OC(=O)C(NC(=O)c1ccc(C(C)(C)C)s1)(c1ccccc1)[C@H](Br)c1ncccn1. The zero-order valence-electron chi connectivity index (χ0n) is 20.3. The number of carbonyl (C=O) groups excluding carboxylic acids is 2. The molecule has 0 spiro atoms. The molecule has 0 fully saturated rings. The quantitative estimate of drug-likeness (QED) is 0.307. The molecular formula is C26H30BrN3O3S. The van der Waals surface area contributed by atoms with Crippen molar-refractivity contribution < 1.29 is 14.3 Å². The summed E-state index contributed by atoms with van der Waals surface area (Å²) in [6, 6.07) is 14.5. The van der Waals surface area contributed by atoms with Crippen molar-refractivity contribution in [2.75, 3.05) is 0 Å². The molecule has 2 heterocycles. The van der Waals surface area contributed by atoms with Crippen molar-refractivity contribution in [3.05, 3.63) is 82.1 Å². The minimum Gasteiger partial charge on any atom is -0.458 e. The maximum absolute atomic E-state index is 13.9. The van der Waals surface area contributed by atoms with E-state index in [1.165, 1.54) is 11.3 Å². The number of carbonyl (C=O) groups is 2. The van der Waals surface area contributed by atoms with Crippen LogP contribution < -0.4 is 5.32 Å². The number of rotatable bonds is 6. The minimum atomic E-state index is -1.63. The first-order chi connectivity index (χ1) is 15.8. The van der Waals surface area contributed by atoms with Gasteiger partial charge < -0.3 is 10.1 Å². The van der Waals surface area contributed by atoms with E-state index in [9.17, 15) is 9.59 Å². The maximum atomic E-state index is 13.9. The molecule has 1 unspecified atom stereocenters. The Morgan fingerprint density at radius 2 is 1.56 bits per heavy atom. The molecule has 2 aromatic heterocycles. The van der Waals surface area contributed by atoms with Crippen molar-refractivity contribution in [1.82, 2.24) is 15.3 Å². The van der Waals surface area contributed by atoms with Crippen LogP contribution in [0.2, 0.25) is 0 Å². The largest absolute Gasteiger partial charge is 0.458 e. The fourth-order valence-electron chi connectivity index (χ4n) is 3.35. The molecule has 0 radical (unpaired) electrons. The van der Waals surface area contributed by atoms with Gasteiger partial charge in [0.1, 0.15) is 16.3 Å². The highest BCUT2D eigenvalue weighted by Gasteiger charge is 2.52. The molecule has 0 bridgehead atoms. The average molecular weight is 545 g/mol. The van der Waals surface area contributed by atoms with Crippen LogP contribution in [0.5, 0.6) is 0 Å². The van der Waals surface area contributed by atoms with Crippen LogP contribution in [-0.4, -0.2) is 27.4 Å². The number of halogens is 1. The van der Waals surface area contributed by atoms with Gasteiger partial charge in [-0.1, -0.05) is 67.0 Å². The van der Waals surface area contributed by atoms with E-state index in [4.69, 9.17) is 4.74 Å². The highest BCUT2D eigenvalue weighted by Crippen LogP contribution is 2.43. The number of aromatic nitrogens is 2. The highest BCUT2D eigenvalue weighted by molar-refractivity contribution is 9.09. The summed E-state index contributed by atoms with van der Waals surface area (Å²) in [7, 11) is 0. The van der Waals surface area contributed by atoms with Gasteiger partial charge in [0.15, 0.2) is 5.54 Å². The number of hydrogen-bond donors (Lipinski definition) is 1. The maximum Gasteiger partial charge on any atom is 0.338 e. The fourth-order valence-corrected chi connectivity index (χ4v) is 5.11. The number of ether oxygens (including phenoxy) is 1. The number of thiophene rings is 1. The van der Waals surface area contributed by atoms with E-state index in [0.29, 0.717) is 16.3 Å². The molecular weight excluding hydrogens is 514 g/mol. The van der Waals surface area contributed by atoms with E-state index >= 15 is 0 Å². The summed E-state index contributed by atoms with van der Waals surface area (Å²) in [6.07, 6.45) is 3.19. The molecule has 3 rings (SSSR count). The van der Waals surface area contributed by atoms with Gasteiger partial charge in [-0.15, -0.1) is 11.3 Å². The minimum absolute atomic E-state index is 0.0965. The van der Waals surface area contributed by atoms with Gasteiger partial charge in [0.25, 0.3) is 5.91 Å². The van der Waals surface area contributed by atoms with E-state index in [0.717, 1.165) is 4.88 Å². The zero-order chi connectivity index (χ0) is 25.1. The Morgan fingerprint density at radius 1 is 0.941 bits per heavy atom. The molecule has 34 heavy (non-hydrogen) atoms. The summed E-state index contributed by atoms with van der Waals surface area (Å²) in [6.45, 7) is 11.7. The molecule has 0 aliphatic rings. The molecule has 1 aromatic carbocycles. The average Bonchev–Trinajstić information content (AvgIpc) is 3.28. The second-order valence-corrected chi connectivity index (χ2v) is 12.0. The van der Waals surface area contributed by atoms with Gasteiger partial charge in [-0.2, -0.15) is 0 Å². The molecule has 1 amide bonds. The van der Waals surface area contributed by atoms with Gasteiger partial charge in [-0.25, -0.2) is 14.8 Å². The predicted molar refractivity (Wildman–Crippen MR) is 138 cm³/mol. The highest BCUT2D eigenvalue weighted by atomic mass is 79.9. The van der Waals surface area contributed by atoms with Gasteiger partial charge in [-0.05, 0) is 49.9 Å². The van der Waals surface area contributed by atoms with Crippen molar-refractivity contribution in [2.24, 2.45) is 0 Å². The lowest BCUT2D eigenvalue weighted by atomic mass is 9.85. The Balaban J connectivity index is 2.17. The number of amides is 1. The molecule has 0 aliphatic carbocycles. The Bertz CT molecular complexity index is 1140. The predicted octanol–water partition coefficient (Wildman–Crippen LogP) is 5.94. The van der Waals surface area contributed by atoms with Crippen LogP contribution in [-0.2, 0) is 20.5 Å². The van der Waals surface area contributed by atoms with Crippen LogP contribution in [0.25, 0.3) is 0 Å². The summed E-state index contributed by atoms with van der Waals surface area (Å²) in [4.78, 5) is 37.0. The summed E-state index contributed by atoms with van der Waals surface area (Å²) in [5.41, 5.74) is -1.95. The van der Waals surface area contributed by atoms with Crippen molar-refractivity contribution in [3.8, 4) is 0 Å². The van der Waals surface area contributed by atoms with Gasteiger partial charge >= 0.3 is 5.97 Å². The van der Waals surface area contributed by atoms with Gasteiger partial charge in [0.05, 0.1) is 4.88 Å². The zero-order valence-corrected chi connectivity index (χ0v) is 22.7. The number of benzene rings is 1. The normalized spacial score (nSPS) is 14.7. The summed E-state index contributed by atoms with van der Waals surface area (Å²) in [5.74, 6) is -0.642. The Kier molecular flexibility index (Phi) is 7.62. The third kappa shape index (κ3) is 5.73. The lowest BCUT2D eigenvalue weighted by molar-refractivity contribution is -0.163. The van der Waals surface area contributed by atoms with E-state index < -0.39 is 21.9 Å². The smallest absolute Gasteiger partial charge is 0.338 e. The number of nitrogens with zero attached hydrogens (tertiary/aromatic N) is 2. The lowest BCUT2D eigenvalue weighted by Gasteiger charge is -2.38. The Labute approximate surface area is 213 Å². The molecule has 180 valence electrons. The molecule has 0 saturated carbocycles. The van der Waals surface area contributed by atoms with Crippen molar-refractivity contribution in [1.29, 1.82) is 0 Å². The molecule has 0 aliphatic heterocycles. The molecule has 2 atom stereocenters. The second kappa shape index (κ2) is 9.96. The fraction of sp³-hybridized carbons (Fsp3) is 0.385. The first-order valence-electron chi connectivity index (χ1n) is 11.0. The summed E-state index contributed by atoms with van der Waals surface area (Å²) < 4.78 is 5.86. The van der Waals surface area contributed by atoms with E-state index in [-0.39, 0.29) is 11.3 Å². The van der Waals surface area contributed by atoms with Crippen molar-refractivity contribution >= 4 is 39.1 Å². The topological polar surface area (TPSA) is 81.2 Å². The molecule has 6 nitrogen and oxygen atoms in total. The van der Waals surface area contributed by atoms with Crippen LogP contribution in [0.4, 0.5) is 0 Å². The number of esters is 1. The molecule has 8 heteroatoms. The van der Waals surface area contributed by atoms with E-state index in [1.54, 1.807) is 57.4 Å². The first kappa shape index (κ1) is 26.0. The van der Waals surface area contributed by atoms with Crippen molar-refractivity contribution in [2.45, 2.75) is 62.9 Å². The summed E-state index contributed by atoms with van der Waals surface area (Å²) >= 11 is 5.06. The number of hydrogen-bond acceptors (Lipinski definition) is 6. The Hall–Kier alpha value is -2.58. The van der Waals surface area contributed by atoms with Crippen LogP contribution in [0.3, 0.4) is 0 Å². The second-order valence-electron chi connectivity index (χ2n) is 10.0. The lowest BCUT2D eigenvalue weighted by Crippen LogP contribution is -2.56. The molecule has 1 N–H and O–H groups in total. The van der Waals surface area contributed by atoms with E-state index in [1.807, 2.05) is 24.3 Å². The molecule has 3 aromatic rings. The van der Waals surface area contributed by atoms with Crippen LogP contribution in [0.1, 0.15) is 72.3 Å². The van der Waals surface area contributed by atoms with Crippen LogP contribution >= 0.6 is 27.3 Å². The molecule has 0 saturated heterocycles. The van der Waals surface area contributed by atoms with Gasteiger partial charge in [0.2, 0.25) is 0 Å². The Morgan fingerprint density at radius 3 is 2.09 bits per heavy atom. The summed E-state index contributed by atoms with van der Waals surface area (Å²) in [5, 5.41) is 3.02. The number of nitrogens with one attached hydrogen (secondary N) is 1. The standard InChI is InChI=1S/C26H30BrN3O3S/c1-24(2,3)19-14-13-18(34-19)22(31)30-26(17-11-8-7-9-12-17,23(32)33-25(4,5)6)20(27)21-28-15-10-16-29-21/h7-16,20H,1-6H3,(H,30,31)/t20-,26?/m1/s1. The van der Waals surface area contributed by atoms with Crippen LogP contribution in [0.15, 0.2) is 60.9 Å². The van der Waals surface area contributed by atoms with Crippen molar-refractivity contribution in [3.63, 3.8) is 0 Å². The van der Waals surface area contributed by atoms with Gasteiger partial charge in [0, 0.05) is 17.3 Å². The van der Waals surface area contributed by atoms with Crippen LogP contribution in [0, 0.1) is 0 Å². The number of alkyl halides is 1.